The number of methoxy groups -OCH3 is 1. The maximum Gasteiger partial charge on any atom is 0.339 e. The van der Waals surface area contributed by atoms with Crippen molar-refractivity contribution in [2.75, 3.05) is 19.6 Å². The molecule has 0 aliphatic rings. The number of rotatable bonds is 12. The van der Waals surface area contributed by atoms with Crippen LogP contribution in [0.5, 0.6) is 0 Å². The molecule has 4 aromatic heterocycles. The second kappa shape index (κ2) is 16.6. The largest absolute Gasteiger partial charge is 0.465 e. The summed E-state index contributed by atoms with van der Waals surface area (Å²) in [7, 11) is -5.58. The Balaban J connectivity index is 0.000000250. The third-order valence-electron chi connectivity index (χ3n) is 6.21. The van der Waals surface area contributed by atoms with E-state index < -0.39 is 31.9 Å². The summed E-state index contributed by atoms with van der Waals surface area (Å²) >= 11 is 0. The van der Waals surface area contributed by atoms with Gasteiger partial charge in [-0.25, -0.2) is 27.5 Å². The first kappa shape index (κ1) is 35.8. The summed E-state index contributed by atoms with van der Waals surface area (Å²) < 4.78 is 55.0. The summed E-state index contributed by atoms with van der Waals surface area (Å²) in [6.07, 6.45) is 8.19. The van der Waals surface area contributed by atoms with Crippen molar-refractivity contribution >= 4 is 31.9 Å². The number of hydrogen-bond acceptors (Lipinski definition) is 12. The number of hydrazine groups is 1. The van der Waals surface area contributed by atoms with Gasteiger partial charge in [0.05, 0.1) is 79.7 Å². The lowest BCUT2D eigenvalue weighted by Crippen LogP contribution is -2.31. The molecule has 0 bridgehead atoms. The number of nitrogen functional groups attached to an aromatic ring is 1. The number of amides is 1. The second-order valence-corrected chi connectivity index (χ2v) is 13.7. The molecule has 4 rings (SSSR count). The highest BCUT2D eigenvalue weighted by Crippen LogP contribution is 2.13. The van der Waals surface area contributed by atoms with Crippen molar-refractivity contribution in [1.82, 2.24) is 34.0 Å². The number of nitrogens with two attached hydrogens (primary N) is 1. The minimum atomic E-state index is -3.44. The van der Waals surface area contributed by atoms with Gasteiger partial charge in [0.1, 0.15) is 0 Å². The number of esters is 1. The minimum absolute atomic E-state index is 0.0833. The fraction of sp³-hybridized carbons (Fsp3) is 0.241. The number of carbonyl (C=O) groups is 2. The lowest BCUT2D eigenvalue weighted by Gasteiger charge is -2.19. The molecule has 0 atom stereocenters. The molecule has 1 amide bonds. The van der Waals surface area contributed by atoms with E-state index in [1.54, 1.807) is 67.0 Å². The Bertz CT molecular complexity index is 1660. The zero-order chi connectivity index (χ0) is 33.7. The topological polar surface area (TPSA) is 208 Å². The second-order valence-electron chi connectivity index (χ2n) is 9.75. The van der Waals surface area contributed by atoms with Gasteiger partial charge < -0.3 is 4.74 Å². The Labute approximate surface area is 267 Å². The fourth-order valence-corrected chi connectivity index (χ4v) is 5.25. The molecule has 4 aromatic rings. The molecule has 4 heterocycles. The van der Waals surface area contributed by atoms with Crippen molar-refractivity contribution in [3.05, 3.63) is 119 Å². The molecule has 0 saturated heterocycles. The molecule has 0 spiro atoms. The Morgan fingerprint density at radius 2 is 1.09 bits per heavy atom. The monoisotopic (exact) mass is 670 g/mol. The maximum atomic E-state index is 12.0. The molecule has 17 heteroatoms. The lowest BCUT2D eigenvalue weighted by atomic mass is 10.2. The van der Waals surface area contributed by atoms with Gasteiger partial charge in [0, 0.05) is 24.8 Å². The molecule has 0 radical (unpaired) electrons. The van der Waals surface area contributed by atoms with Gasteiger partial charge in [-0.2, -0.15) is 8.61 Å². The number of aromatic nitrogens is 4. The van der Waals surface area contributed by atoms with Gasteiger partial charge in [0.2, 0.25) is 20.0 Å². The van der Waals surface area contributed by atoms with Crippen LogP contribution >= 0.6 is 0 Å². The number of carbonyl (C=O) groups excluding carboxylic acids is 2. The van der Waals surface area contributed by atoms with Crippen molar-refractivity contribution in [2.45, 2.75) is 26.2 Å². The summed E-state index contributed by atoms with van der Waals surface area (Å²) in [4.78, 5) is 39.2. The van der Waals surface area contributed by atoms with Crippen LogP contribution in [-0.4, -0.2) is 76.9 Å². The number of pyridine rings is 4. The van der Waals surface area contributed by atoms with Crippen molar-refractivity contribution in [1.29, 1.82) is 0 Å². The molecule has 0 aromatic carbocycles. The zero-order valence-electron chi connectivity index (χ0n) is 25.3. The van der Waals surface area contributed by atoms with Crippen LogP contribution in [0.4, 0.5) is 0 Å². The van der Waals surface area contributed by atoms with Gasteiger partial charge in [0.15, 0.2) is 0 Å². The van der Waals surface area contributed by atoms with Crippen LogP contribution < -0.4 is 11.3 Å². The average molecular weight is 671 g/mol. The highest BCUT2D eigenvalue weighted by atomic mass is 32.2. The lowest BCUT2D eigenvalue weighted by molar-refractivity contribution is 0.0600. The van der Waals surface area contributed by atoms with Crippen molar-refractivity contribution in [3.63, 3.8) is 0 Å². The fourth-order valence-electron chi connectivity index (χ4n) is 3.78. The molecule has 0 aliphatic carbocycles. The number of sulfonamides is 2. The minimum Gasteiger partial charge on any atom is -0.465 e. The first-order chi connectivity index (χ1) is 21.8. The molecular formula is C29H34N8O7S2. The molecular weight excluding hydrogens is 637 g/mol. The molecule has 0 unspecified atom stereocenters. The zero-order valence-corrected chi connectivity index (χ0v) is 27.0. The Hall–Kier alpha value is -4.68. The van der Waals surface area contributed by atoms with E-state index in [0.717, 1.165) is 12.5 Å². The standard InChI is InChI=1S/C15H17N3O4S.C14H17N5O3S/c1-22-15(19)12-6-7-14(17-9-12)11-18(23(2,20)21)10-13-5-3-4-8-16-13;1-23(21,22)19(9-12-4-2-3-7-16-12)10-13-6-5-11(8-17-13)14(20)18-15/h3-9H,10-11H2,1-2H3;2-8H,9-10,15H2,1H3,(H,18,20). The number of nitrogens with zero attached hydrogens (tertiary/aromatic N) is 6. The van der Waals surface area contributed by atoms with Crippen molar-refractivity contribution in [3.8, 4) is 0 Å². The molecule has 15 nitrogen and oxygen atoms in total. The van der Waals surface area contributed by atoms with Gasteiger partial charge in [-0.05, 0) is 48.5 Å². The summed E-state index contributed by atoms with van der Waals surface area (Å²) in [5.41, 5.74) is 4.93. The Morgan fingerprint density at radius 1 is 0.674 bits per heavy atom. The maximum absolute atomic E-state index is 12.0. The highest BCUT2D eigenvalue weighted by molar-refractivity contribution is 7.88. The van der Waals surface area contributed by atoms with Crippen LogP contribution in [0.2, 0.25) is 0 Å². The first-order valence-electron chi connectivity index (χ1n) is 13.5. The van der Waals surface area contributed by atoms with Gasteiger partial charge in [0.25, 0.3) is 5.91 Å². The van der Waals surface area contributed by atoms with E-state index in [-0.39, 0.29) is 26.2 Å². The van der Waals surface area contributed by atoms with Crippen LogP contribution in [0, 0.1) is 0 Å². The van der Waals surface area contributed by atoms with Crippen LogP contribution in [-0.2, 0) is 51.0 Å². The summed E-state index contributed by atoms with van der Waals surface area (Å²) in [6, 6.07) is 16.9. The SMILES string of the molecule is COC(=O)c1ccc(CN(Cc2ccccn2)S(C)(=O)=O)nc1.CS(=O)(=O)N(Cc1ccccn1)Cc1ccc(C(=O)NN)cn1. The average Bonchev–Trinajstić information content (AvgIpc) is 3.04. The summed E-state index contributed by atoms with van der Waals surface area (Å²) in [6.45, 7) is 0.475. The van der Waals surface area contributed by atoms with Crippen LogP contribution in [0.3, 0.4) is 0 Å². The van der Waals surface area contributed by atoms with E-state index in [1.165, 1.54) is 34.2 Å². The highest BCUT2D eigenvalue weighted by Gasteiger charge is 2.20. The normalized spacial score (nSPS) is 11.4. The van der Waals surface area contributed by atoms with Gasteiger partial charge >= 0.3 is 5.97 Å². The van der Waals surface area contributed by atoms with Gasteiger partial charge in [-0.3, -0.25) is 30.2 Å². The Morgan fingerprint density at radius 3 is 1.39 bits per heavy atom. The smallest absolute Gasteiger partial charge is 0.339 e. The molecule has 0 fully saturated rings. The van der Waals surface area contributed by atoms with Crippen molar-refractivity contribution < 1.29 is 31.2 Å². The molecule has 3 N–H and O–H groups in total. The predicted molar refractivity (Wildman–Crippen MR) is 168 cm³/mol. The van der Waals surface area contributed by atoms with Crippen LogP contribution in [0.25, 0.3) is 0 Å². The number of ether oxygens (including phenoxy) is 1. The van der Waals surface area contributed by atoms with E-state index in [9.17, 15) is 26.4 Å². The Kier molecular flexibility index (Phi) is 12.9. The third-order valence-corrected chi connectivity index (χ3v) is 8.60. The quantitative estimate of drug-likeness (QED) is 0.0945. The van der Waals surface area contributed by atoms with Crippen LogP contribution in [0.15, 0.2) is 85.5 Å². The number of hydrogen-bond donors (Lipinski definition) is 2. The number of nitrogens with one attached hydrogen (secondary N) is 1. The van der Waals surface area contributed by atoms with Gasteiger partial charge in [-0.15, -0.1) is 0 Å². The third kappa shape index (κ3) is 11.4. The molecule has 46 heavy (non-hydrogen) atoms. The first-order valence-corrected chi connectivity index (χ1v) is 17.2. The predicted octanol–water partition coefficient (Wildman–Crippen LogP) is 1.27. The summed E-state index contributed by atoms with van der Waals surface area (Å²) in [5, 5.41) is 0. The van der Waals surface area contributed by atoms with Gasteiger partial charge in [-0.1, -0.05) is 12.1 Å². The molecule has 0 saturated carbocycles. The van der Waals surface area contributed by atoms with E-state index >= 15 is 0 Å². The molecule has 0 aliphatic heterocycles. The van der Waals surface area contributed by atoms with E-state index in [0.29, 0.717) is 33.9 Å². The van der Waals surface area contributed by atoms with E-state index in [4.69, 9.17) is 5.84 Å². The van der Waals surface area contributed by atoms with Crippen molar-refractivity contribution in [2.24, 2.45) is 5.84 Å². The molecule has 244 valence electrons. The van der Waals surface area contributed by atoms with E-state index in [2.05, 4.69) is 24.7 Å². The van der Waals surface area contributed by atoms with E-state index in [1.807, 2.05) is 5.43 Å². The van der Waals surface area contributed by atoms with Crippen LogP contribution in [0.1, 0.15) is 43.5 Å². The summed E-state index contributed by atoms with van der Waals surface area (Å²) in [5.74, 6) is 4.09.